The van der Waals surface area contributed by atoms with Crippen molar-refractivity contribution in [1.29, 1.82) is 0 Å². The number of aliphatic hydroxyl groups is 1. The van der Waals surface area contributed by atoms with Crippen molar-refractivity contribution < 1.29 is 19.5 Å². The van der Waals surface area contributed by atoms with Crippen LogP contribution in [0, 0.1) is 0 Å². The third-order valence-corrected chi connectivity index (χ3v) is 6.82. The number of carbonyl (C=O) groups excluding carboxylic acids is 1. The van der Waals surface area contributed by atoms with E-state index in [-0.39, 0.29) is 18.6 Å². The minimum absolute atomic E-state index is 0.0971. The molecule has 0 saturated heterocycles. The Morgan fingerprint density at radius 3 is 2.86 bits per heavy atom. The van der Waals surface area contributed by atoms with Crippen LogP contribution in [0.2, 0.25) is 0 Å². The van der Waals surface area contributed by atoms with Gasteiger partial charge in [-0.1, -0.05) is 30.3 Å². The largest absolute Gasteiger partial charge is 0.458 e. The predicted octanol–water partition coefficient (Wildman–Crippen LogP) is 3.03. The molecule has 0 aliphatic carbocycles. The molecule has 1 atom stereocenters. The molecule has 0 bridgehead atoms. The van der Waals surface area contributed by atoms with Gasteiger partial charge in [0.05, 0.1) is 35.2 Å². The zero-order valence-electron chi connectivity index (χ0n) is 19.5. The maximum absolute atomic E-state index is 13.3. The first-order chi connectivity index (χ1) is 17.5. The van der Waals surface area contributed by atoms with Gasteiger partial charge in [0.1, 0.15) is 13.2 Å². The van der Waals surface area contributed by atoms with Gasteiger partial charge in [-0.3, -0.25) is 9.78 Å². The van der Waals surface area contributed by atoms with Crippen LogP contribution in [0.25, 0.3) is 22.3 Å². The highest BCUT2D eigenvalue weighted by Crippen LogP contribution is 2.38. The molecule has 1 N–H and O–H groups in total. The van der Waals surface area contributed by atoms with Crippen LogP contribution in [0.1, 0.15) is 41.2 Å². The van der Waals surface area contributed by atoms with Crippen LogP contribution in [0.4, 0.5) is 0 Å². The van der Waals surface area contributed by atoms with Gasteiger partial charge >= 0.3 is 5.97 Å². The molecule has 1 aromatic carbocycles. The third-order valence-electron chi connectivity index (χ3n) is 6.82. The van der Waals surface area contributed by atoms with E-state index in [0.29, 0.717) is 41.2 Å². The highest BCUT2D eigenvalue weighted by atomic mass is 16.6. The van der Waals surface area contributed by atoms with Gasteiger partial charge in [0.15, 0.2) is 5.60 Å². The summed E-state index contributed by atoms with van der Waals surface area (Å²) in [6, 6.07) is 13.2. The summed E-state index contributed by atoms with van der Waals surface area (Å²) in [6.45, 7) is 2.20. The van der Waals surface area contributed by atoms with Crippen molar-refractivity contribution in [3.8, 4) is 11.4 Å². The maximum atomic E-state index is 13.3. The first-order valence-electron chi connectivity index (χ1n) is 11.6. The second-order valence-corrected chi connectivity index (χ2v) is 8.88. The minimum atomic E-state index is -1.86. The van der Waals surface area contributed by atoms with E-state index in [1.165, 1.54) is 0 Å². The predicted molar refractivity (Wildman–Crippen MR) is 131 cm³/mol. The first kappa shape index (κ1) is 22.1. The summed E-state index contributed by atoms with van der Waals surface area (Å²) < 4.78 is 6.76. The van der Waals surface area contributed by atoms with Crippen molar-refractivity contribution in [3.63, 3.8) is 0 Å². The molecule has 0 unspecified atom stereocenters. The lowest BCUT2D eigenvalue weighted by Crippen LogP contribution is -2.44. The Kier molecular flexibility index (Phi) is 5.15. The fraction of sp³-hybridized carbons (Fsp3) is 0.222. The average molecular weight is 482 g/mol. The number of ether oxygens (including phenoxy) is 1. The van der Waals surface area contributed by atoms with Crippen molar-refractivity contribution in [2.75, 3.05) is 0 Å². The van der Waals surface area contributed by atoms with Gasteiger partial charge in [-0.05, 0) is 36.2 Å². The number of fused-ring (bicyclic) bond motifs is 5. The van der Waals surface area contributed by atoms with Gasteiger partial charge in [-0.25, -0.2) is 9.78 Å². The molecule has 9 nitrogen and oxygen atoms in total. The Morgan fingerprint density at radius 2 is 2.06 bits per heavy atom. The molecule has 9 heteroatoms. The normalized spacial score (nSPS) is 18.1. The zero-order valence-corrected chi connectivity index (χ0v) is 19.5. The molecule has 2 aliphatic heterocycles. The lowest BCUT2D eigenvalue weighted by molar-refractivity contribution is -0.172. The van der Waals surface area contributed by atoms with Gasteiger partial charge in [0, 0.05) is 34.5 Å². The molecule has 180 valence electrons. The van der Waals surface area contributed by atoms with Crippen LogP contribution in [0.3, 0.4) is 0 Å². The lowest BCUT2D eigenvalue weighted by atomic mass is 9.86. The topological polar surface area (TPSA) is 116 Å². The van der Waals surface area contributed by atoms with E-state index in [2.05, 4.69) is 10.1 Å². The molecular weight excluding hydrogens is 460 g/mol. The van der Waals surface area contributed by atoms with Crippen molar-refractivity contribution in [2.24, 2.45) is 5.16 Å². The number of oxime groups is 1. The smallest absolute Gasteiger partial charge is 0.343 e. The SMILES string of the molecule is CC[C@@]1(O)C(=O)OCc2c1cc1n(c2=O)Cc2cc3cccc(/C=N/OCc4ccncc4)c3nc2-1. The van der Waals surface area contributed by atoms with Gasteiger partial charge in [0.25, 0.3) is 5.56 Å². The second-order valence-electron chi connectivity index (χ2n) is 8.88. The van der Waals surface area contributed by atoms with Crippen molar-refractivity contribution >= 4 is 23.1 Å². The van der Waals surface area contributed by atoms with Gasteiger partial charge in [-0.2, -0.15) is 0 Å². The number of benzene rings is 1. The van der Waals surface area contributed by atoms with E-state index < -0.39 is 11.6 Å². The molecule has 0 fully saturated rings. The van der Waals surface area contributed by atoms with Gasteiger partial charge in [0.2, 0.25) is 0 Å². The Labute approximate surface area is 205 Å². The Morgan fingerprint density at radius 1 is 1.22 bits per heavy atom. The standard InChI is InChI=1S/C27H22N4O5/c1-2-27(34)21-11-22-24-19(13-31(22)25(32)20(21)15-35-26(27)33)10-17-4-3-5-18(23(17)30-24)12-29-36-14-16-6-8-28-9-7-16/h3-12,34H,2,13-15H2,1H3/b29-12+/t27-/m0/s1. The molecule has 2 aliphatic rings. The highest BCUT2D eigenvalue weighted by Gasteiger charge is 2.45. The molecule has 3 aromatic heterocycles. The van der Waals surface area contributed by atoms with E-state index >= 15 is 0 Å². The Bertz CT molecular complexity index is 1610. The monoisotopic (exact) mass is 482 g/mol. The lowest BCUT2D eigenvalue weighted by Gasteiger charge is -2.31. The molecule has 0 amide bonds. The van der Waals surface area contributed by atoms with Crippen LogP contribution in [-0.2, 0) is 39.7 Å². The van der Waals surface area contributed by atoms with Crippen LogP contribution in [-0.4, -0.2) is 31.8 Å². The number of rotatable bonds is 5. The van der Waals surface area contributed by atoms with E-state index in [9.17, 15) is 14.7 Å². The zero-order chi connectivity index (χ0) is 24.9. The number of para-hydroxylation sites is 1. The van der Waals surface area contributed by atoms with Gasteiger partial charge < -0.3 is 19.2 Å². The molecule has 5 heterocycles. The van der Waals surface area contributed by atoms with E-state index in [1.54, 1.807) is 36.2 Å². The molecule has 0 radical (unpaired) electrons. The van der Waals surface area contributed by atoms with E-state index in [1.807, 2.05) is 36.4 Å². The van der Waals surface area contributed by atoms with Crippen molar-refractivity contribution in [1.82, 2.24) is 14.5 Å². The van der Waals surface area contributed by atoms with Crippen LogP contribution < -0.4 is 5.56 Å². The molecule has 36 heavy (non-hydrogen) atoms. The number of esters is 1. The summed E-state index contributed by atoms with van der Waals surface area (Å²) in [5.41, 5.74) is 2.98. The van der Waals surface area contributed by atoms with Gasteiger partial charge in [-0.15, -0.1) is 0 Å². The Hall–Kier alpha value is -4.37. The second kappa shape index (κ2) is 8.39. The number of cyclic esters (lactones) is 1. The summed E-state index contributed by atoms with van der Waals surface area (Å²) in [5, 5.41) is 16.1. The van der Waals surface area contributed by atoms with Crippen LogP contribution >= 0.6 is 0 Å². The number of nitrogens with zero attached hydrogens (tertiary/aromatic N) is 4. The molecule has 0 spiro atoms. The summed E-state index contributed by atoms with van der Waals surface area (Å²) in [5.74, 6) is -0.739. The quantitative estimate of drug-likeness (QED) is 0.233. The van der Waals surface area contributed by atoms with E-state index in [4.69, 9.17) is 14.6 Å². The minimum Gasteiger partial charge on any atom is -0.458 e. The van der Waals surface area contributed by atoms with E-state index in [0.717, 1.165) is 22.1 Å². The summed E-state index contributed by atoms with van der Waals surface area (Å²) in [4.78, 5) is 40.0. The molecule has 4 aromatic rings. The number of pyridine rings is 3. The highest BCUT2D eigenvalue weighted by molar-refractivity contribution is 5.98. The van der Waals surface area contributed by atoms with Crippen LogP contribution in [0.15, 0.2) is 64.8 Å². The average Bonchev–Trinajstić information content (AvgIpc) is 3.26. The van der Waals surface area contributed by atoms with Crippen molar-refractivity contribution in [3.05, 3.63) is 93.0 Å². The third kappa shape index (κ3) is 3.39. The number of carbonyl (C=O) groups is 1. The summed E-state index contributed by atoms with van der Waals surface area (Å²) in [7, 11) is 0. The summed E-state index contributed by atoms with van der Waals surface area (Å²) in [6.07, 6.45) is 5.10. The number of hydrogen-bond donors (Lipinski definition) is 1. The maximum Gasteiger partial charge on any atom is 0.343 e. The first-order valence-corrected chi connectivity index (χ1v) is 11.6. The molecule has 0 saturated carbocycles. The Balaban J connectivity index is 1.41. The summed E-state index contributed by atoms with van der Waals surface area (Å²) >= 11 is 0. The van der Waals surface area contributed by atoms with Crippen LogP contribution in [0.5, 0.6) is 0 Å². The number of aromatic nitrogens is 3. The van der Waals surface area contributed by atoms with Crippen molar-refractivity contribution in [2.45, 2.75) is 38.7 Å². The number of hydrogen-bond acceptors (Lipinski definition) is 8. The fourth-order valence-electron chi connectivity index (χ4n) is 4.82. The molecular formula is C27H22N4O5. The molecule has 6 rings (SSSR count). The fourth-order valence-corrected chi connectivity index (χ4v) is 4.82.